The summed E-state index contributed by atoms with van der Waals surface area (Å²) in [6.07, 6.45) is 1.65. The first-order chi connectivity index (χ1) is 10.1. The molecule has 0 spiro atoms. The van der Waals surface area contributed by atoms with Crippen LogP contribution in [0.25, 0.3) is 11.5 Å². The molecule has 0 bridgehead atoms. The van der Waals surface area contributed by atoms with Crippen molar-refractivity contribution in [3.05, 3.63) is 35.5 Å². The van der Waals surface area contributed by atoms with E-state index >= 15 is 0 Å². The molecule has 2 aromatic rings. The lowest BCUT2D eigenvalue weighted by atomic mass is 10.2. The van der Waals surface area contributed by atoms with Crippen LogP contribution in [0.15, 0.2) is 16.5 Å². The number of rotatable bonds is 6. The summed E-state index contributed by atoms with van der Waals surface area (Å²) in [5.41, 5.74) is -0.252. The quantitative estimate of drug-likeness (QED) is 0.828. The fourth-order valence-corrected chi connectivity index (χ4v) is 1.90. The van der Waals surface area contributed by atoms with Gasteiger partial charge in [-0.15, -0.1) is 10.2 Å². The van der Waals surface area contributed by atoms with E-state index in [-0.39, 0.29) is 17.5 Å². The van der Waals surface area contributed by atoms with E-state index in [0.717, 1.165) is 25.1 Å². The number of hydrogen-bond donors (Lipinski definition) is 1. The van der Waals surface area contributed by atoms with Crippen LogP contribution in [-0.4, -0.2) is 16.7 Å². The van der Waals surface area contributed by atoms with E-state index in [9.17, 15) is 13.2 Å². The molecule has 114 valence electrons. The van der Waals surface area contributed by atoms with Crippen LogP contribution in [0.1, 0.15) is 38.6 Å². The smallest absolute Gasteiger partial charge is 0.250 e. The first-order valence-electron chi connectivity index (χ1n) is 6.79. The minimum absolute atomic E-state index is 0.153. The lowest BCUT2D eigenvalue weighted by Gasteiger charge is -2.11. The number of nitrogens with zero attached hydrogens (tertiary/aromatic N) is 2. The van der Waals surface area contributed by atoms with Gasteiger partial charge < -0.3 is 9.73 Å². The fourth-order valence-electron chi connectivity index (χ4n) is 1.90. The number of benzene rings is 1. The molecule has 1 unspecified atom stereocenters. The summed E-state index contributed by atoms with van der Waals surface area (Å²) in [5.74, 6) is -4.02. The number of nitrogens with one attached hydrogen (secondary N) is 1. The van der Waals surface area contributed by atoms with Crippen molar-refractivity contribution < 1.29 is 17.6 Å². The molecule has 1 atom stereocenters. The molecular formula is C14H16F3N3O. The third-order valence-electron chi connectivity index (χ3n) is 3.05. The van der Waals surface area contributed by atoms with Crippen molar-refractivity contribution in [3.8, 4) is 11.5 Å². The van der Waals surface area contributed by atoms with Gasteiger partial charge in [-0.2, -0.15) is 0 Å². The third-order valence-corrected chi connectivity index (χ3v) is 3.05. The summed E-state index contributed by atoms with van der Waals surface area (Å²) < 4.78 is 45.2. The van der Waals surface area contributed by atoms with Gasteiger partial charge in [0.15, 0.2) is 17.5 Å². The highest BCUT2D eigenvalue weighted by atomic mass is 19.2. The predicted octanol–water partition coefficient (Wildman–Crippen LogP) is 3.60. The maximum Gasteiger partial charge on any atom is 0.250 e. The van der Waals surface area contributed by atoms with Gasteiger partial charge in [0.25, 0.3) is 5.89 Å². The van der Waals surface area contributed by atoms with E-state index in [1.165, 1.54) is 0 Å². The van der Waals surface area contributed by atoms with Crippen LogP contribution in [0.3, 0.4) is 0 Å². The molecule has 0 aliphatic carbocycles. The zero-order valence-corrected chi connectivity index (χ0v) is 11.8. The summed E-state index contributed by atoms with van der Waals surface area (Å²) in [7, 11) is 0. The second-order valence-electron chi connectivity index (χ2n) is 4.58. The topological polar surface area (TPSA) is 51.0 Å². The van der Waals surface area contributed by atoms with Crippen LogP contribution in [0.5, 0.6) is 0 Å². The molecule has 0 radical (unpaired) electrons. The zero-order valence-electron chi connectivity index (χ0n) is 11.8. The Kier molecular flexibility index (Phi) is 4.95. The van der Waals surface area contributed by atoms with Crippen molar-refractivity contribution in [2.24, 2.45) is 0 Å². The van der Waals surface area contributed by atoms with Crippen molar-refractivity contribution in [3.63, 3.8) is 0 Å². The Morgan fingerprint density at radius 1 is 1.14 bits per heavy atom. The average Bonchev–Trinajstić information content (AvgIpc) is 2.95. The molecule has 1 aromatic carbocycles. The number of hydrogen-bond acceptors (Lipinski definition) is 4. The summed E-state index contributed by atoms with van der Waals surface area (Å²) >= 11 is 0. The minimum Gasteiger partial charge on any atom is -0.419 e. The molecule has 0 saturated heterocycles. The van der Waals surface area contributed by atoms with Gasteiger partial charge in [0, 0.05) is 0 Å². The number of aromatic nitrogens is 2. The van der Waals surface area contributed by atoms with Crippen LogP contribution in [-0.2, 0) is 0 Å². The monoisotopic (exact) mass is 299 g/mol. The first kappa shape index (κ1) is 15.5. The molecule has 2 rings (SSSR count). The van der Waals surface area contributed by atoms with Crippen LogP contribution in [0.4, 0.5) is 13.2 Å². The second-order valence-corrected chi connectivity index (χ2v) is 4.58. The maximum absolute atomic E-state index is 13.7. The van der Waals surface area contributed by atoms with Gasteiger partial charge in [-0.3, -0.25) is 0 Å². The van der Waals surface area contributed by atoms with E-state index in [1.807, 2.05) is 13.8 Å². The molecule has 1 heterocycles. The van der Waals surface area contributed by atoms with Gasteiger partial charge in [0.2, 0.25) is 5.89 Å². The first-order valence-corrected chi connectivity index (χ1v) is 6.79. The summed E-state index contributed by atoms with van der Waals surface area (Å²) in [6.45, 7) is 4.74. The maximum atomic E-state index is 13.7. The van der Waals surface area contributed by atoms with Gasteiger partial charge >= 0.3 is 0 Å². The highest BCUT2D eigenvalue weighted by Crippen LogP contribution is 2.26. The van der Waals surface area contributed by atoms with E-state index in [0.29, 0.717) is 12.3 Å². The molecule has 0 fully saturated rings. The Morgan fingerprint density at radius 2 is 1.90 bits per heavy atom. The fraction of sp³-hybridized carbons (Fsp3) is 0.429. The van der Waals surface area contributed by atoms with E-state index < -0.39 is 17.5 Å². The lowest BCUT2D eigenvalue weighted by molar-refractivity contribution is 0.394. The van der Waals surface area contributed by atoms with Crippen LogP contribution < -0.4 is 5.32 Å². The van der Waals surface area contributed by atoms with Gasteiger partial charge in [-0.1, -0.05) is 13.8 Å². The second kappa shape index (κ2) is 6.71. The highest BCUT2D eigenvalue weighted by Gasteiger charge is 2.21. The Bertz CT molecular complexity index is 616. The van der Waals surface area contributed by atoms with Crippen LogP contribution in [0.2, 0.25) is 0 Å². The largest absolute Gasteiger partial charge is 0.419 e. The molecule has 4 nitrogen and oxygen atoms in total. The third kappa shape index (κ3) is 3.24. The Morgan fingerprint density at radius 3 is 2.57 bits per heavy atom. The SMILES string of the molecule is CCCNC(CC)c1nnc(-c2ccc(F)c(F)c2F)o1. The van der Waals surface area contributed by atoms with Gasteiger partial charge in [-0.25, -0.2) is 13.2 Å². The van der Waals surface area contributed by atoms with Crippen molar-refractivity contribution in [2.45, 2.75) is 32.7 Å². The Labute approximate surface area is 120 Å². The van der Waals surface area contributed by atoms with E-state index in [4.69, 9.17) is 4.42 Å². The molecule has 21 heavy (non-hydrogen) atoms. The molecule has 0 aliphatic rings. The van der Waals surface area contributed by atoms with Crippen LogP contribution in [0, 0.1) is 17.5 Å². The minimum atomic E-state index is -1.55. The standard InChI is InChI=1S/C14H16F3N3O/c1-3-7-18-10(4-2)14-20-19-13(21-14)8-5-6-9(15)12(17)11(8)16/h5-6,10,18H,3-4,7H2,1-2H3. The predicted molar refractivity (Wildman–Crippen MR) is 70.9 cm³/mol. The van der Waals surface area contributed by atoms with Crippen molar-refractivity contribution in [2.75, 3.05) is 6.54 Å². The zero-order chi connectivity index (χ0) is 15.4. The highest BCUT2D eigenvalue weighted by molar-refractivity contribution is 5.53. The van der Waals surface area contributed by atoms with E-state index in [1.54, 1.807) is 0 Å². The molecule has 1 aromatic heterocycles. The molecule has 0 aliphatic heterocycles. The summed E-state index contributed by atoms with van der Waals surface area (Å²) in [6, 6.07) is 1.75. The summed E-state index contributed by atoms with van der Waals surface area (Å²) in [4.78, 5) is 0. The normalized spacial score (nSPS) is 12.6. The van der Waals surface area contributed by atoms with E-state index in [2.05, 4.69) is 15.5 Å². The molecule has 7 heteroatoms. The Hall–Kier alpha value is -1.89. The molecular weight excluding hydrogens is 283 g/mol. The van der Waals surface area contributed by atoms with Crippen molar-refractivity contribution >= 4 is 0 Å². The van der Waals surface area contributed by atoms with Gasteiger partial charge in [-0.05, 0) is 31.5 Å². The van der Waals surface area contributed by atoms with Crippen molar-refractivity contribution in [1.29, 1.82) is 0 Å². The number of halogens is 3. The van der Waals surface area contributed by atoms with Crippen LogP contribution >= 0.6 is 0 Å². The average molecular weight is 299 g/mol. The van der Waals surface area contributed by atoms with Gasteiger partial charge in [0.05, 0.1) is 11.6 Å². The molecule has 0 saturated carbocycles. The van der Waals surface area contributed by atoms with Crippen molar-refractivity contribution in [1.82, 2.24) is 15.5 Å². The Balaban J connectivity index is 2.29. The molecule has 0 amide bonds. The lowest BCUT2D eigenvalue weighted by Crippen LogP contribution is -2.21. The molecule has 1 N–H and O–H groups in total. The summed E-state index contributed by atoms with van der Waals surface area (Å²) in [5, 5.41) is 10.8. The van der Waals surface area contributed by atoms with Gasteiger partial charge in [0.1, 0.15) is 0 Å².